The Morgan fingerprint density at radius 3 is 1.04 bits per heavy atom. The summed E-state index contributed by atoms with van der Waals surface area (Å²) in [6.07, 6.45) is 94.0. The number of hydrogen-bond donors (Lipinski definition) is 9. The van der Waals surface area contributed by atoms with Crippen LogP contribution in [0.15, 0.2) is 134 Å². The fourth-order valence-electron chi connectivity index (χ4n) is 13.5. The third-order valence-corrected chi connectivity index (χ3v) is 20.3. The van der Waals surface area contributed by atoms with Gasteiger partial charge in [0.05, 0.1) is 32.0 Å². The summed E-state index contributed by atoms with van der Waals surface area (Å²) in [5.41, 5.74) is 0. The molecule has 1 amide bonds. The van der Waals surface area contributed by atoms with E-state index in [2.05, 4.69) is 141 Å². The predicted octanol–water partition coefficient (Wildman–Crippen LogP) is 20.9. The van der Waals surface area contributed by atoms with E-state index in [9.17, 15) is 45.6 Å². The van der Waals surface area contributed by atoms with E-state index in [-0.39, 0.29) is 18.9 Å². The molecule has 14 heteroatoms. The van der Waals surface area contributed by atoms with Gasteiger partial charge in [0.2, 0.25) is 5.91 Å². The highest BCUT2D eigenvalue weighted by molar-refractivity contribution is 5.76. The van der Waals surface area contributed by atoms with Gasteiger partial charge >= 0.3 is 0 Å². The van der Waals surface area contributed by atoms with Gasteiger partial charge in [-0.1, -0.05) is 372 Å². The number of carbonyl (C=O) groups is 1. The molecule has 2 fully saturated rings. The van der Waals surface area contributed by atoms with E-state index in [1.165, 1.54) is 218 Å². The van der Waals surface area contributed by atoms with E-state index in [4.69, 9.17) is 18.9 Å². The lowest BCUT2D eigenvalue weighted by atomic mass is 9.97. The summed E-state index contributed by atoms with van der Waals surface area (Å²) in [4.78, 5) is 13.4. The van der Waals surface area contributed by atoms with Crippen molar-refractivity contribution < 1.29 is 64.6 Å². The zero-order valence-corrected chi connectivity index (χ0v) is 67.1. The minimum atomic E-state index is -1.80. The van der Waals surface area contributed by atoms with Crippen LogP contribution in [0.25, 0.3) is 0 Å². The van der Waals surface area contributed by atoms with Crippen molar-refractivity contribution in [1.29, 1.82) is 0 Å². The highest BCUT2D eigenvalue weighted by atomic mass is 16.7. The molecule has 2 rings (SSSR count). The molecule has 106 heavy (non-hydrogen) atoms. The summed E-state index contributed by atoms with van der Waals surface area (Å²) in [7, 11) is 0. The summed E-state index contributed by atoms with van der Waals surface area (Å²) in [5.74, 6) is -0.254. The number of rotatable bonds is 72. The molecule has 0 saturated carbocycles. The van der Waals surface area contributed by atoms with Crippen LogP contribution in [0.3, 0.4) is 0 Å². The third kappa shape index (κ3) is 55.5. The Balaban J connectivity index is 1.61. The van der Waals surface area contributed by atoms with Crippen molar-refractivity contribution >= 4 is 5.91 Å². The first-order valence-corrected chi connectivity index (χ1v) is 43.4. The van der Waals surface area contributed by atoms with Crippen LogP contribution in [-0.2, 0) is 23.7 Å². The summed E-state index contributed by atoms with van der Waals surface area (Å²) in [5, 5.41) is 87.8. The number of aliphatic hydroxyl groups is 8. The fourth-order valence-corrected chi connectivity index (χ4v) is 13.5. The lowest BCUT2D eigenvalue weighted by Gasteiger charge is -2.46. The topological polar surface area (TPSA) is 228 Å². The molecule has 12 atom stereocenters. The number of unbranched alkanes of at least 4 members (excludes halogenated alkanes) is 39. The summed E-state index contributed by atoms with van der Waals surface area (Å²) in [6, 6.07) is -0.945. The van der Waals surface area contributed by atoms with Gasteiger partial charge in [0, 0.05) is 6.42 Å². The van der Waals surface area contributed by atoms with Crippen LogP contribution in [0, 0.1) is 0 Å². The second-order valence-electron chi connectivity index (χ2n) is 29.9. The van der Waals surface area contributed by atoms with Crippen molar-refractivity contribution in [2.45, 2.75) is 421 Å². The molecular formula is C92H159NO13. The maximum absolute atomic E-state index is 13.4. The third-order valence-electron chi connectivity index (χ3n) is 20.3. The average molecular weight is 1490 g/mol. The molecule has 0 aromatic carbocycles. The number of aliphatic hydroxyl groups excluding tert-OH is 8. The van der Waals surface area contributed by atoms with Crippen LogP contribution in [-0.4, -0.2) is 140 Å². The molecule has 610 valence electrons. The largest absolute Gasteiger partial charge is 0.394 e. The first-order valence-electron chi connectivity index (χ1n) is 43.4. The quantitative estimate of drug-likeness (QED) is 0.0204. The van der Waals surface area contributed by atoms with Crippen molar-refractivity contribution in [3.05, 3.63) is 134 Å². The van der Waals surface area contributed by atoms with Gasteiger partial charge in [0.1, 0.15) is 48.8 Å². The van der Waals surface area contributed by atoms with Gasteiger partial charge in [-0.25, -0.2) is 0 Å². The average Bonchev–Trinajstić information content (AvgIpc) is 0.789. The number of hydrogen-bond acceptors (Lipinski definition) is 13. The number of amides is 1. The first-order chi connectivity index (χ1) is 52.1. The van der Waals surface area contributed by atoms with Crippen LogP contribution >= 0.6 is 0 Å². The smallest absolute Gasteiger partial charge is 0.220 e. The number of carbonyl (C=O) groups excluding carboxylic acids is 1. The first kappa shape index (κ1) is 98.2. The standard InChI is InChI=1S/C92H159NO13/c1-3-5-7-9-11-13-15-17-19-21-23-25-27-29-31-33-35-37-38-39-40-41-42-44-46-48-50-52-54-56-58-60-62-64-66-68-70-72-74-76-84(97)93-80(79-103-91-89(102)87(100)90(83(78-95)105-91)106-92-88(101)86(99)85(98)82(77-94)104-92)81(96)75-73-71-69-67-65-63-61-59-57-55-53-51-49-47-45-43-36-34-32-30-28-26-24-22-20-18-16-14-12-10-8-6-4-2/h5,7,11,13,17,19,23,25,29,31,35,37,39-40,42,44,48,50,65,67,73,75,80-83,85-92,94-96,98-102H,3-4,6,8-10,12,14-16,18,20-22,24,26-28,30,32-34,36,38,41,43,45-47,49,51-64,66,68-72,74,76-79H2,1-2H3,(H,93,97)/b7-5-,13-11-,19-17-,25-23-,31-29-,37-35-,40-39-,44-42-,50-48-,67-65+,75-73+. The van der Waals surface area contributed by atoms with E-state index in [0.717, 1.165) is 96.3 Å². The van der Waals surface area contributed by atoms with Crippen LogP contribution in [0.1, 0.15) is 348 Å². The van der Waals surface area contributed by atoms with Crippen LogP contribution in [0.2, 0.25) is 0 Å². The van der Waals surface area contributed by atoms with E-state index in [0.29, 0.717) is 12.8 Å². The summed E-state index contributed by atoms with van der Waals surface area (Å²) < 4.78 is 22.9. The lowest BCUT2D eigenvalue weighted by Crippen LogP contribution is -2.65. The van der Waals surface area contributed by atoms with Gasteiger partial charge in [-0.15, -0.1) is 0 Å². The van der Waals surface area contributed by atoms with Gasteiger partial charge in [-0.2, -0.15) is 0 Å². The molecule has 0 spiro atoms. The van der Waals surface area contributed by atoms with Gasteiger partial charge in [0.25, 0.3) is 0 Å². The molecule has 0 aliphatic carbocycles. The molecule has 0 bridgehead atoms. The van der Waals surface area contributed by atoms with E-state index >= 15 is 0 Å². The Kier molecular flexibility index (Phi) is 68.5. The molecule has 0 aromatic rings. The lowest BCUT2D eigenvalue weighted by molar-refractivity contribution is -0.359. The maximum Gasteiger partial charge on any atom is 0.220 e. The zero-order valence-electron chi connectivity index (χ0n) is 67.1. The van der Waals surface area contributed by atoms with Crippen molar-refractivity contribution in [3.63, 3.8) is 0 Å². The van der Waals surface area contributed by atoms with Crippen LogP contribution < -0.4 is 5.32 Å². The van der Waals surface area contributed by atoms with E-state index in [1.807, 2.05) is 6.08 Å². The van der Waals surface area contributed by atoms with Gasteiger partial charge in [-0.3, -0.25) is 4.79 Å². The predicted molar refractivity (Wildman–Crippen MR) is 442 cm³/mol. The molecule has 0 aromatic heterocycles. The maximum atomic E-state index is 13.4. The molecule has 2 aliphatic heterocycles. The molecule has 12 unspecified atom stereocenters. The molecule has 9 N–H and O–H groups in total. The minimum absolute atomic E-state index is 0.254. The number of nitrogens with one attached hydrogen (secondary N) is 1. The second-order valence-corrected chi connectivity index (χ2v) is 29.9. The van der Waals surface area contributed by atoms with E-state index < -0.39 is 86.8 Å². The monoisotopic (exact) mass is 1490 g/mol. The van der Waals surface area contributed by atoms with Gasteiger partial charge in [0.15, 0.2) is 12.6 Å². The van der Waals surface area contributed by atoms with Crippen LogP contribution in [0.5, 0.6) is 0 Å². The normalized spacial score (nSPS) is 22.0. The Morgan fingerprint density at radius 2 is 0.660 bits per heavy atom. The Morgan fingerprint density at radius 1 is 0.349 bits per heavy atom. The molecule has 2 saturated heterocycles. The Bertz CT molecular complexity index is 2300. The highest BCUT2D eigenvalue weighted by Gasteiger charge is 2.51. The van der Waals surface area contributed by atoms with Crippen molar-refractivity contribution in [1.82, 2.24) is 5.32 Å². The van der Waals surface area contributed by atoms with Crippen molar-refractivity contribution in [2.75, 3.05) is 19.8 Å². The number of allylic oxidation sites excluding steroid dienone is 21. The van der Waals surface area contributed by atoms with Crippen molar-refractivity contribution in [3.8, 4) is 0 Å². The summed E-state index contributed by atoms with van der Waals surface area (Å²) >= 11 is 0. The second kappa shape index (κ2) is 73.9. The fraction of sp³-hybridized carbons (Fsp3) is 0.750. The molecule has 2 aliphatic rings. The highest BCUT2D eigenvalue weighted by Crippen LogP contribution is 2.30. The molecule has 2 heterocycles. The van der Waals surface area contributed by atoms with Crippen molar-refractivity contribution in [2.24, 2.45) is 0 Å². The SMILES string of the molecule is CC/C=C\C/C=C\C/C=C\C/C=C\C/C=C\C/C=C\C/C=C\C/C=C\C/C=C\CCCCCCCCCCCCCC(=O)NC(COC1OC(CO)C(OC2OC(CO)C(O)C(O)C2O)C(O)C1O)C(O)/C=C/CC/C=C/CCCCCCCCCCCCCCCCCCCCCCCCCCCCC. The van der Waals surface area contributed by atoms with E-state index in [1.54, 1.807) is 6.08 Å². The molecular weight excluding hydrogens is 1330 g/mol. The van der Waals surface area contributed by atoms with Crippen LogP contribution in [0.4, 0.5) is 0 Å². The zero-order chi connectivity index (χ0) is 76.5. The number of ether oxygens (including phenoxy) is 4. The molecule has 0 radical (unpaired) electrons. The van der Waals surface area contributed by atoms with Gasteiger partial charge < -0.3 is 65.1 Å². The summed E-state index contributed by atoms with van der Waals surface area (Å²) in [6.45, 7) is 2.70. The Hall–Kier alpha value is -3.87. The Labute approximate surface area is 647 Å². The minimum Gasteiger partial charge on any atom is -0.394 e. The van der Waals surface area contributed by atoms with Gasteiger partial charge in [-0.05, 0) is 103 Å². The molecule has 14 nitrogen and oxygen atoms in total.